The van der Waals surface area contributed by atoms with Crippen LogP contribution in [0.15, 0.2) is 22.7 Å². The van der Waals surface area contributed by atoms with Gasteiger partial charge in [-0.3, -0.25) is 4.79 Å². The number of thioether (sulfide) groups is 1. The van der Waals surface area contributed by atoms with Gasteiger partial charge in [-0.1, -0.05) is 17.8 Å². The first kappa shape index (κ1) is 15.6. The summed E-state index contributed by atoms with van der Waals surface area (Å²) in [7, 11) is 0. The third-order valence-corrected chi connectivity index (χ3v) is 5.66. The molecule has 1 aliphatic rings. The quantitative estimate of drug-likeness (QED) is 0.790. The smallest absolute Gasteiger partial charge is 0.230 e. The van der Waals surface area contributed by atoms with Crippen molar-refractivity contribution >= 4 is 29.0 Å². The lowest BCUT2D eigenvalue weighted by atomic mass is 10.2. The maximum absolute atomic E-state index is 12.0. The fourth-order valence-electron chi connectivity index (χ4n) is 2.41. The van der Waals surface area contributed by atoms with Gasteiger partial charge in [-0.05, 0) is 44.1 Å². The van der Waals surface area contributed by atoms with Crippen molar-refractivity contribution < 1.29 is 4.79 Å². The van der Waals surface area contributed by atoms with E-state index in [1.54, 1.807) is 11.3 Å². The lowest BCUT2D eigenvalue weighted by Crippen LogP contribution is -2.35. The fourth-order valence-corrected chi connectivity index (χ4v) is 3.94. The minimum absolute atomic E-state index is 0.0766. The molecule has 0 spiro atoms. The molecule has 118 valence electrons. The van der Waals surface area contributed by atoms with Crippen molar-refractivity contribution in [1.82, 2.24) is 20.1 Å². The molecule has 7 heteroatoms. The van der Waals surface area contributed by atoms with E-state index in [2.05, 4.69) is 33.9 Å². The van der Waals surface area contributed by atoms with E-state index in [0.29, 0.717) is 17.7 Å². The second kappa shape index (κ2) is 6.83. The largest absolute Gasteiger partial charge is 0.353 e. The molecule has 1 amide bonds. The summed E-state index contributed by atoms with van der Waals surface area (Å²) in [6.07, 6.45) is 2.48. The van der Waals surface area contributed by atoms with Crippen LogP contribution in [0.3, 0.4) is 0 Å². The molecule has 2 aromatic heterocycles. The number of hydrogen-bond acceptors (Lipinski definition) is 5. The third-order valence-electron chi connectivity index (χ3n) is 3.82. The monoisotopic (exact) mass is 336 g/mol. The van der Waals surface area contributed by atoms with Gasteiger partial charge >= 0.3 is 0 Å². The van der Waals surface area contributed by atoms with Crippen molar-refractivity contribution in [3.8, 4) is 10.7 Å². The summed E-state index contributed by atoms with van der Waals surface area (Å²) < 4.78 is 2.06. The van der Waals surface area contributed by atoms with Crippen molar-refractivity contribution in [2.24, 2.45) is 5.92 Å². The number of nitrogens with one attached hydrogen (secondary N) is 1. The van der Waals surface area contributed by atoms with Gasteiger partial charge in [0.25, 0.3) is 0 Å². The van der Waals surface area contributed by atoms with Gasteiger partial charge in [0.2, 0.25) is 5.91 Å². The first-order valence-electron chi connectivity index (χ1n) is 7.58. The molecule has 1 saturated carbocycles. The second-order valence-corrected chi connectivity index (χ2v) is 7.40. The molecule has 1 unspecified atom stereocenters. The molecule has 1 aliphatic carbocycles. The first-order valence-corrected chi connectivity index (χ1v) is 9.44. The number of aromatic nitrogens is 3. The van der Waals surface area contributed by atoms with Gasteiger partial charge in [-0.25, -0.2) is 0 Å². The molecule has 2 heterocycles. The molecule has 3 rings (SSSR count). The van der Waals surface area contributed by atoms with Crippen LogP contribution in [0.4, 0.5) is 0 Å². The molecular formula is C15H20N4OS2. The van der Waals surface area contributed by atoms with E-state index in [9.17, 15) is 4.79 Å². The fraction of sp³-hybridized carbons (Fsp3) is 0.533. The predicted molar refractivity (Wildman–Crippen MR) is 90.1 cm³/mol. The lowest BCUT2D eigenvalue weighted by Gasteiger charge is -2.12. The molecule has 22 heavy (non-hydrogen) atoms. The van der Waals surface area contributed by atoms with E-state index < -0.39 is 0 Å². The summed E-state index contributed by atoms with van der Waals surface area (Å²) in [5, 5.41) is 14.4. The number of carbonyl (C=O) groups is 1. The highest BCUT2D eigenvalue weighted by Crippen LogP contribution is 2.32. The van der Waals surface area contributed by atoms with Crippen molar-refractivity contribution in [2.75, 3.05) is 5.75 Å². The van der Waals surface area contributed by atoms with Gasteiger partial charge in [0, 0.05) is 12.6 Å². The number of nitrogens with zero attached hydrogens (tertiary/aromatic N) is 3. The summed E-state index contributed by atoms with van der Waals surface area (Å²) in [6.45, 7) is 4.95. The van der Waals surface area contributed by atoms with Crippen LogP contribution in [-0.2, 0) is 11.3 Å². The maximum Gasteiger partial charge on any atom is 0.230 e. The van der Waals surface area contributed by atoms with Crippen LogP contribution in [0.2, 0.25) is 0 Å². The normalized spacial score (nSPS) is 15.7. The summed E-state index contributed by atoms with van der Waals surface area (Å²) in [5.41, 5.74) is 0. The standard InChI is InChI=1S/C15H20N4OS2/c1-3-19-14(12-5-4-8-21-12)17-18-15(19)22-9-13(20)16-10(2)11-6-7-11/h4-5,8,10-11H,3,6-7,9H2,1-2H3,(H,16,20). The van der Waals surface area contributed by atoms with Gasteiger partial charge in [0.1, 0.15) is 0 Å². The summed E-state index contributed by atoms with van der Waals surface area (Å²) in [6, 6.07) is 4.34. The summed E-state index contributed by atoms with van der Waals surface area (Å²) in [4.78, 5) is 13.1. The minimum Gasteiger partial charge on any atom is -0.353 e. The Bertz CT molecular complexity index is 634. The Morgan fingerprint density at radius 1 is 1.55 bits per heavy atom. The van der Waals surface area contributed by atoms with Crippen LogP contribution < -0.4 is 5.32 Å². The average Bonchev–Trinajstić information content (AvgIpc) is 3.07. The summed E-state index contributed by atoms with van der Waals surface area (Å²) in [5.74, 6) is 2.03. The Hall–Kier alpha value is -1.34. The molecule has 0 aromatic carbocycles. The molecule has 1 N–H and O–H groups in total. The molecule has 0 aliphatic heterocycles. The van der Waals surface area contributed by atoms with Crippen LogP contribution >= 0.6 is 23.1 Å². The van der Waals surface area contributed by atoms with Gasteiger partial charge in [0.15, 0.2) is 11.0 Å². The van der Waals surface area contributed by atoms with E-state index in [1.165, 1.54) is 24.6 Å². The first-order chi connectivity index (χ1) is 10.7. The molecule has 0 saturated heterocycles. The van der Waals surface area contributed by atoms with E-state index in [-0.39, 0.29) is 5.91 Å². The zero-order chi connectivity index (χ0) is 15.5. The van der Waals surface area contributed by atoms with Crippen LogP contribution in [0.5, 0.6) is 0 Å². The SMILES string of the molecule is CCn1c(SCC(=O)NC(C)C2CC2)nnc1-c1cccs1. The number of amides is 1. The van der Waals surface area contributed by atoms with E-state index in [0.717, 1.165) is 22.4 Å². The van der Waals surface area contributed by atoms with Crippen molar-refractivity contribution in [3.63, 3.8) is 0 Å². The zero-order valence-corrected chi connectivity index (χ0v) is 14.4. The molecule has 0 bridgehead atoms. The highest BCUT2D eigenvalue weighted by molar-refractivity contribution is 7.99. The molecule has 1 atom stereocenters. The summed E-state index contributed by atoms with van der Waals surface area (Å²) >= 11 is 3.10. The number of thiophene rings is 1. The van der Waals surface area contributed by atoms with Gasteiger partial charge in [-0.2, -0.15) is 0 Å². The Kier molecular flexibility index (Phi) is 4.83. The Labute approximate surface area is 138 Å². The maximum atomic E-state index is 12.0. The second-order valence-electron chi connectivity index (χ2n) is 5.51. The van der Waals surface area contributed by atoms with E-state index in [1.807, 2.05) is 17.5 Å². The Morgan fingerprint density at radius 2 is 2.36 bits per heavy atom. The lowest BCUT2D eigenvalue weighted by molar-refractivity contribution is -0.119. The Morgan fingerprint density at radius 3 is 3.00 bits per heavy atom. The molecule has 5 nitrogen and oxygen atoms in total. The zero-order valence-electron chi connectivity index (χ0n) is 12.8. The van der Waals surface area contributed by atoms with Crippen LogP contribution in [-0.4, -0.2) is 32.5 Å². The van der Waals surface area contributed by atoms with Crippen LogP contribution in [0.1, 0.15) is 26.7 Å². The Balaban J connectivity index is 1.61. The van der Waals surface area contributed by atoms with Crippen molar-refractivity contribution in [2.45, 2.75) is 44.4 Å². The third kappa shape index (κ3) is 3.52. The van der Waals surface area contributed by atoms with E-state index in [4.69, 9.17) is 0 Å². The van der Waals surface area contributed by atoms with Crippen LogP contribution in [0, 0.1) is 5.92 Å². The number of hydrogen-bond donors (Lipinski definition) is 1. The molecule has 2 aromatic rings. The number of rotatable bonds is 7. The highest BCUT2D eigenvalue weighted by atomic mass is 32.2. The molecular weight excluding hydrogens is 316 g/mol. The van der Waals surface area contributed by atoms with Crippen molar-refractivity contribution in [3.05, 3.63) is 17.5 Å². The van der Waals surface area contributed by atoms with E-state index >= 15 is 0 Å². The van der Waals surface area contributed by atoms with Gasteiger partial charge in [-0.15, -0.1) is 21.5 Å². The highest BCUT2D eigenvalue weighted by Gasteiger charge is 2.28. The van der Waals surface area contributed by atoms with Gasteiger partial charge < -0.3 is 9.88 Å². The van der Waals surface area contributed by atoms with Gasteiger partial charge in [0.05, 0.1) is 10.6 Å². The number of carbonyl (C=O) groups excluding carboxylic acids is 1. The predicted octanol–water partition coefficient (Wildman–Crippen LogP) is 3.03. The topological polar surface area (TPSA) is 59.8 Å². The van der Waals surface area contributed by atoms with Crippen molar-refractivity contribution in [1.29, 1.82) is 0 Å². The average molecular weight is 336 g/mol. The molecule has 0 radical (unpaired) electrons. The minimum atomic E-state index is 0.0766. The molecule has 1 fully saturated rings. The van der Waals surface area contributed by atoms with Crippen LogP contribution in [0.25, 0.3) is 10.7 Å².